The molecule has 0 spiro atoms. The first-order chi connectivity index (χ1) is 17.9. The molecule has 1 aliphatic heterocycles. The van der Waals surface area contributed by atoms with Crippen LogP contribution in [-0.2, 0) is 17.8 Å². The summed E-state index contributed by atoms with van der Waals surface area (Å²) in [4.78, 5) is 15.7. The topological polar surface area (TPSA) is 88.8 Å². The summed E-state index contributed by atoms with van der Waals surface area (Å²) in [5, 5.41) is 8.36. The monoisotopic (exact) mass is 543 g/mol. The normalized spacial score (nSPS) is 16.6. The Morgan fingerprint density at radius 2 is 1.84 bits per heavy atom. The number of aryl methyl sites for hydroxylation is 2. The van der Waals surface area contributed by atoms with Crippen LogP contribution in [0.4, 0.5) is 24.8 Å². The van der Waals surface area contributed by atoms with E-state index in [2.05, 4.69) is 30.3 Å². The molecular formula is C26H29F3N7OP. The fourth-order valence-corrected chi connectivity index (χ4v) is 7.44. The van der Waals surface area contributed by atoms with Crippen LogP contribution in [0.1, 0.15) is 35.5 Å². The molecule has 1 aliphatic rings. The highest BCUT2D eigenvalue weighted by molar-refractivity contribution is 7.71. The lowest BCUT2D eigenvalue weighted by Gasteiger charge is -2.32. The highest BCUT2D eigenvalue weighted by atomic mass is 31.2. The molecule has 1 N–H and O–H groups in total. The predicted molar refractivity (Wildman–Crippen MR) is 143 cm³/mol. The first-order valence-corrected chi connectivity index (χ1v) is 14.4. The van der Waals surface area contributed by atoms with Crippen molar-refractivity contribution in [1.29, 1.82) is 0 Å². The number of hydrogen-bond acceptors (Lipinski definition) is 7. The Balaban J connectivity index is 1.44. The minimum Gasteiger partial charge on any atom is -0.363 e. The van der Waals surface area contributed by atoms with Gasteiger partial charge in [0.15, 0.2) is 5.82 Å². The number of pyridine rings is 1. The van der Waals surface area contributed by atoms with Gasteiger partial charge in [-0.15, -0.1) is 0 Å². The minimum absolute atomic E-state index is 0.168. The number of nitrogens with one attached hydrogen (secondary N) is 1. The maximum Gasteiger partial charge on any atom is 0.416 e. The first-order valence-electron chi connectivity index (χ1n) is 12.4. The van der Waals surface area contributed by atoms with Crippen LogP contribution in [0.25, 0.3) is 10.9 Å². The number of benzene rings is 1. The van der Waals surface area contributed by atoms with E-state index in [1.54, 1.807) is 36.9 Å². The van der Waals surface area contributed by atoms with Gasteiger partial charge in [0.2, 0.25) is 0 Å². The Morgan fingerprint density at radius 1 is 1.11 bits per heavy atom. The molecule has 1 atom stereocenters. The van der Waals surface area contributed by atoms with Gasteiger partial charge in [-0.1, -0.05) is 12.1 Å². The third kappa shape index (κ3) is 4.99. The van der Waals surface area contributed by atoms with E-state index < -0.39 is 24.9 Å². The summed E-state index contributed by atoms with van der Waals surface area (Å²) in [6.07, 6.45) is -0.00599. The zero-order chi connectivity index (χ0) is 27.2. The molecule has 0 bridgehead atoms. The number of fused-ring (bicyclic) bond motifs is 1. The average molecular weight is 544 g/mol. The highest BCUT2D eigenvalue weighted by Gasteiger charge is 2.34. The molecule has 1 saturated heterocycles. The Kier molecular flexibility index (Phi) is 6.67. The molecule has 8 nitrogen and oxygen atoms in total. The smallest absolute Gasteiger partial charge is 0.363 e. The second-order valence-electron chi connectivity index (χ2n) is 9.73. The summed E-state index contributed by atoms with van der Waals surface area (Å²) < 4.78 is 56.2. The van der Waals surface area contributed by atoms with Gasteiger partial charge in [0.25, 0.3) is 0 Å². The van der Waals surface area contributed by atoms with E-state index in [0.717, 1.165) is 11.9 Å². The number of nitrogens with zero attached hydrogens (tertiary/aromatic N) is 6. The van der Waals surface area contributed by atoms with Crippen LogP contribution in [0.2, 0.25) is 0 Å². The first kappa shape index (κ1) is 26.2. The van der Waals surface area contributed by atoms with Gasteiger partial charge in [0.05, 0.1) is 23.3 Å². The molecule has 0 amide bonds. The molecule has 0 aliphatic carbocycles. The SMILES string of the molecule is Cc1nc(N[C@H](C)c2cccc(C(F)(F)F)c2C)c2cc(P3(=O)CCN(c4ccn(C)n4)CC3)ncc2n1. The van der Waals surface area contributed by atoms with E-state index in [0.29, 0.717) is 59.0 Å². The standard InChI is InChI=1S/C26H29F3N7OP/c1-16-19(6-5-7-21(16)26(27,28)29)17(2)31-25-20-14-24(30-15-22(20)32-18(3)33-25)38(37)12-10-36(11-13-38)23-8-9-35(4)34-23/h5-9,14-15,17H,10-13H2,1-4H3,(H,31,32,33)/t17-/m1/s1. The summed E-state index contributed by atoms with van der Waals surface area (Å²) in [7, 11) is -0.911. The van der Waals surface area contributed by atoms with Crippen LogP contribution in [0.5, 0.6) is 0 Å². The van der Waals surface area contributed by atoms with Gasteiger partial charge in [-0.3, -0.25) is 9.67 Å². The second-order valence-corrected chi connectivity index (χ2v) is 12.9. The zero-order valence-electron chi connectivity index (χ0n) is 21.6. The Morgan fingerprint density at radius 3 is 2.50 bits per heavy atom. The largest absolute Gasteiger partial charge is 0.416 e. The van der Waals surface area contributed by atoms with Crippen molar-refractivity contribution in [3.05, 3.63) is 65.2 Å². The van der Waals surface area contributed by atoms with E-state index in [1.165, 1.54) is 13.0 Å². The van der Waals surface area contributed by atoms with Crippen molar-refractivity contribution in [1.82, 2.24) is 24.7 Å². The predicted octanol–water partition coefficient (Wildman–Crippen LogP) is 5.08. The van der Waals surface area contributed by atoms with E-state index in [4.69, 9.17) is 0 Å². The minimum atomic E-state index is -4.43. The molecule has 0 saturated carbocycles. The molecule has 200 valence electrons. The van der Waals surface area contributed by atoms with E-state index in [-0.39, 0.29) is 5.56 Å². The molecule has 38 heavy (non-hydrogen) atoms. The van der Waals surface area contributed by atoms with Gasteiger partial charge in [0, 0.05) is 50.1 Å². The Hall–Kier alpha value is -3.46. The van der Waals surface area contributed by atoms with Gasteiger partial charge < -0.3 is 14.8 Å². The van der Waals surface area contributed by atoms with Gasteiger partial charge in [-0.25, -0.2) is 9.97 Å². The highest BCUT2D eigenvalue weighted by Crippen LogP contribution is 2.46. The molecule has 0 radical (unpaired) electrons. The summed E-state index contributed by atoms with van der Waals surface area (Å²) in [6.45, 7) is 6.23. The number of halogens is 3. The number of anilines is 2. The Labute approximate surface area is 218 Å². The van der Waals surface area contributed by atoms with Gasteiger partial charge in [-0.05, 0) is 44.0 Å². The molecule has 4 aromatic rings. The van der Waals surface area contributed by atoms with Crippen LogP contribution in [0.3, 0.4) is 0 Å². The summed E-state index contributed by atoms with van der Waals surface area (Å²) in [5.41, 5.74) is 1.13. The van der Waals surface area contributed by atoms with Crippen molar-refractivity contribution < 1.29 is 17.7 Å². The Bertz CT molecular complexity index is 1540. The van der Waals surface area contributed by atoms with Crippen LogP contribution >= 0.6 is 7.14 Å². The average Bonchev–Trinajstić information content (AvgIpc) is 3.29. The quantitative estimate of drug-likeness (QED) is 0.352. The molecule has 0 unspecified atom stereocenters. The van der Waals surface area contributed by atoms with Crippen LogP contribution in [0.15, 0.2) is 42.7 Å². The van der Waals surface area contributed by atoms with Crippen molar-refractivity contribution >= 4 is 35.1 Å². The lowest BCUT2D eigenvalue weighted by atomic mass is 9.97. The number of hydrogen-bond donors (Lipinski definition) is 1. The molecular weight excluding hydrogens is 514 g/mol. The van der Waals surface area contributed by atoms with E-state index in [1.807, 2.05) is 19.3 Å². The molecule has 4 heterocycles. The third-order valence-corrected chi connectivity index (χ3v) is 10.0. The zero-order valence-corrected chi connectivity index (χ0v) is 22.5. The number of rotatable bonds is 5. The summed E-state index contributed by atoms with van der Waals surface area (Å²) in [6, 6.07) is 7.43. The van der Waals surface area contributed by atoms with Gasteiger partial charge in [-0.2, -0.15) is 18.3 Å². The van der Waals surface area contributed by atoms with Crippen LogP contribution in [0, 0.1) is 13.8 Å². The second kappa shape index (κ2) is 9.69. The van der Waals surface area contributed by atoms with E-state index >= 15 is 0 Å². The van der Waals surface area contributed by atoms with Gasteiger partial charge >= 0.3 is 6.18 Å². The van der Waals surface area contributed by atoms with Crippen molar-refractivity contribution in [2.75, 3.05) is 35.6 Å². The van der Waals surface area contributed by atoms with Gasteiger partial charge in [0.1, 0.15) is 24.2 Å². The summed E-state index contributed by atoms with van der Waals surface area (Å²) >= 11 is 0. The fraction of sp³-hybridized carbons (Fsp3) is 0.385. The maximum absolute atomic E-state index is 14.0. The molecule has 1 aromatic carbocycles. The molecule has 5 rings (SSSR count). The molecule has 1 fully saturated rings. The van der Waals surface area contributed by atoms with Crippen LogP contribution < -0.4 is 15.7 Å². The fourth-order valence-electron chi connectivity index (χ4n) is 5.00. The van der Waals surface area contributed by atoms with Crippen molar-refractivity contribution in [2.24, 2.45) is 7.05 Å². The van der Waals surface area contributed by atoms with Crippen molar-refractivity contribution in [2.45, 2.75) is 33.0 Å². The van der Waals surface area contributed by atoms with E-state index in [9.17, 15) is 17.7 Å². The molecule has 12 heteroatoms. The maximum atomic E-state index is 14.0. The van der Waals surface area contributed by atoms with Crippen LogP contribution in [-0.4, -0.2) is 50.1 Å². The number of aromatic nitrogens is 5. The van der Waals surface area contributed by atoms with Crippen molar-refractivity contribution in [3.63, 3.8) is 0 Å². The lowest BCUT2D eigenvalue weighted by Crippen LogP contribution is -2.37. The lowest BCUT2D eigenvalue weighted by molar-refractivity contribution is -0.138. The number of alkyl halides is 3. The molecule has 3 aromatic heterocycles. The van der Waals surface area contributed by atoms with Crippen molar-refractivity contribution in [3.8, 4) is 0 Å². The third-order valence-electron chi connectivity index (χ3n) is 7.08. The summed E-state index contributed by atoms with van der Waals surface area (Å²) in [5.74, 6) is 1.83.